The van der Waals surface area contributed by atoms with E-state index < -0.39 is 0 Å². The average Bonchev–Trinajstić information content (AvgIpc) is 2.65. The molecule has 1 heterocycles. The number of aromatic nitrogens is 2. The predicted octanol–water partition coefficient (Wildman–Crippen LogP) is 2.46. The average molecular weight is 235 g/mol. The summed E-state index contributed by atoms with van der Waals surface area (Å²) in [5, 5.41) is 3.46. The van der Waals surface area contributed by atoms with Gasteiger partial charge in [0, 0.05) is 12.2 Å². The Morgan fingerprint density at radius 1 is 1.24 bits per heavy atom. The van der Waals surface area contributed by atoms with E-state index in [1.165, 1.54) is 55.7 Å². The molecule has 1 N–H and O–H groups in total. The molecule has 0 saturated heterocycles. The van der Waals surface area contributed by atoms with Crippen LogP contribution in [0, 0.1) is 6.92 Å². The van der Waals surface area contributed by atoms with E-state index in [2.05, 4.69) is 23.7 Å². The van der Waals surface area contributed by atoms with E-state index in [0.717, 1.165) is 19.6 Å². The molecule has 1 aliphatic rings. The van der Waals surface area contributed by atoms with Crippen LogP contribution in [0.25, 0.3) is 0 Å². The smallest absolute Gasteiger partial charge is 0.106 e. The highest BCUT2D eigenvalue weighted by Crippen LogP contribution is 2.22. The van der Waals surface area contributed by atoms with E-state index in [4.69, 9.17) is 4.98 Å². The lowest BCUT2D eigenvalue weighted by Crippen LogP contribution is -2.18. The Hall–Kier alpha value is -0.830. The van der Waals surface area contributed by atoms with Crippen LogP contribution >= 0.6 is 0 Å². The predicted molar refractivity (Wildman–Crippen MR) is 71.4 cm³/mol. The monoisotopic (exact) mass is 235 g/mol. The first-order chi connectivity index (χ1) is 8.33. The van der Waals surface area contributed by atoms with Crippen LogP contribution in [0.2, 0.25) is 0 Å². The Morgan fingerprint density at radius 3 is 2.88 bits per heavy atom. The number of hydrogen-bond donors (Lipinski definition) is 1. The molecule has 0 saturated carbocycles. The van der Waals surface area contributed by atoms with E-state index in [-0.39, 0.29) is 0 Å². The lowest BCUT2D eigenvalue weighted by Gasteiger charge is -2.14. The maximum atomic E-state index is 4.71. The minimum atomic E-state index is 1.13. The van der Waals surface area contributed by atoms with Gasteiger partial charge in [-0.05, 0) is 58.5 Å². The van der Waals surface area contributed by atoms with Crippen molar-refractivity contribution >= 4 is 0 Å². The maximum Gasteiger partial charge on any atom is 0.106 e. The van der Waals surface area contributed by atoms with E-state index in [9.17, 15) is 0 Å². The van der Waals surface area contributed by atoms with Gasteiger partial charge in [0.2, 0.25) is 0 Å². The fourth-order valence-corrected chi connectivity index (χ4v) is 2.70. The van der Waals surface area contributed by atoms with Gasteiger partial charge in [-0.15, -0.1) is 0 Å². The first-order valence-electron chi connectivity index (χ1n) is 7.08. The highest BCUT2D eigenvalue weighted by Gasteiger charge is 2.17. The lowest BCUT2D eigenvalue weighted by molar-refractivity contribution is 0.545. The molecule has 0 bridgehead atoms. The van der Waals surface area contributed by atoms with E-state index in [1.54, 1.807) is 0 Å². The number of nitrogens with one attached hydrogen (secondary N) is 1. The summed E-state index contributed by atoms with van der Waals surface area (Å²) >= 11 is 0. The quantitative estimate of drug-likeness (QED) is 0.768. The third-order valence-corrected chi connectivity index (χ3v) is 3.59. The van der Waals surface area contributed by atoms with E-state index >= 15 is 0 Å². The summed E-state index contributed by atoms with van der Waals surface area (Å²) in [6.07, 6.45) is 7.52. The van der Waals surface area contributed by atoms with Crippen molar-refractivity contribution in [3.63, 3.8) is 0 Å². The van der Waals surface area contributed by atoms with E-state index in [1.807, 2.05) is 0 Å². The first-order valence-corrected chi connectivity index (χ1v) is 7.08. The molecule has 1 aromatic heterocycles. The molecular formula is C14H25N3. The molecule has 3 heteroatoms. The van der Waals surface area contributed by atoms with Gasteiger partial charge >= 0.3 is 0 Å². The molecule has 1 aliphatic carbocycles. The SMILES string of the molecule is CCCNCCCn1c(C)nc2c1CCCC2. The van der Waals surface area contributed by atoms with Gasteiger partial charge in [0.1, 0.15) is 5.82 Å². The molecule has 2 rings (SSSR count). The minimum Gasteiger partial charge on any atom is -0.332 e. The summed E-state index contributed by atoms with van der Waals surface area (Å²) in [6.45, 7) is 7.76. The highest BCUT2D eigenvalue weighted by atomic mass is 15.1. The van der Waals surface area contributed by atoms with Crippen molar-refractivity contribution in [2.24, 2.45) is 0 Å². The zero-order chi connectivity index (χ0) is 12.1. The van der Waals surface area contributed by atoms with E-state index in [0.29, 0.717) is 0 Å². The number of aryl methyl sites for hydroxylation is 2. The maximum absolute atomic E-state index is 4.71. The third kappa shape index (κ3) is 3.09. The van der Waals surface area contributed by atoms with Crippen molar-refractivity contribution in [1.29, 1.82) is 0 Å². The molecule has 0 radical (unpaired) electrons. The van der Waals surface area contributed by atoms with Crippen molar-refractivity contribution in [3.8, 4) is 0 Å². The van der Waals surface area contributed by atoms with Crippen molar-refractivity contribution in [2.45, 2.75) is 58.9 Å². The number of nitrogens with zero attached hydrogens (tertiary/aromatic N) is 2. The van der Waals surface area contributed by atoms with Gasteiger partial charge in [0.25, 0.3) is 0 Å². The largest absolute Gasteiger partial charge is 0.332 e. The van der Waals surface area contributed by atoms with Crippen molar-refractivity contribution < 1.29 is 0 Å². The first kappa shape index (κ1) is 12.6. The topological polar surface area (TPSA) is 29.9 Å². The molecule has 0 fully saturated rings. The molecule has 0 atom stereocenters. The molecule has 1 aromatic rings. The normalized spacial score (nSPS) is 14.9. The Labute approximate surface area is 105 Å². The molecule has 0 amide bonds. The fourth-order valence-electron chi connectivity index (χ4n) is 2.70. The van der Waals surface area contributed by atoms with Crippen LogP contribution in [0.1, 0.15) is 49.8 Å². The van der Waals surface area contributed by atoms with Crippen LogP contribution in [0.5, 0.6) is 0 Å². The van der Waals surface area contributed by atoms with Gasteiger partial charge in [-0.1, -0.05) is 6.92 Å². The third-order valence-electron chi connectivity index (χ3n) is 3.59. The molecule has 0 unspecified atom stereocenters. The Balaban J connectivity index is 1.89. The van der Waals surface area contributed by atoms with Gasteiger partial charge in [-0.2, -0.15) is 0 Å². The summed E-state index contributed by atoms with van der Waals surface area (Å²) < 4.78 is 2.45. The molecule has 0 aliphatic heterocycles. The van der Waals surface area contributed by atoms with Crippen molar-refractivity contribution in [1.82, 2.24) is 14.9 Å². The second-order valence-electron chi connectivity index (χ2n) is 5.01. The number of hydrogen-bond acceptors (Lipinski definition) is 2. The van der Waals surface area contributed by atoms with Crippen molar-refractivity contribution in [2.75, 3.05) is 13.1 Å². The number of fused-ring (bicyclic) bond motifs is 1. The van der Waals surface area contributed by atoms with Crippen molar-refractivity contribution in [3.05, 3.63) is 17.2 Å². The Bertz CT molecular complexity index is 355. The van der Waals surface area contributed by atoms with Crippen LogP contribution in [-0.4, -0.2) is 22.6 Å². The highest BCUT2D eigenvalue weighted by molar-refractivity contribution is 5.19. The minimum absolute atomic E-state index is 1.13. The van der Waals surface area contributed by atoms with Gasteiger partial charge in [0.05, 0.1) is 5.69 Å². The Morgan fingerprint density at radius 2 is 2.06 bits per heavy atom. The van der Waals surface area contributed by atoms with Crippen LogP contribution in [0.4, 0.5) is 0 Å². The zero-order valence-electron chi connectivity index (χ0n) is 11.3. The molecule has 96 valence electrons. The van der Waals surface area contributed by atoms with Crippen LogP contribution in [0.15, 0.2) is 0 Å². The van der Waals surface area contributed by atoms with Crippen LogP contribution in [-0.2, 0) is 19.4 Å². The molecule has 0 aromatic carbocycles. The zero-order valence-corrected chi connectivity index (χ0v) is 11.3. The van der Waals surface area contributed by atoms with Gasteiger partial charge < -0.3 is 9.88 Å². The molecule has 3 nitrogen and oxygen atoms in total. The molecule has 17 heavy (non-hydrogen) atoms. The summed E-state index contributed by atoms with van der Waals surface area (Å²) in [6, 6.07) is 0. The van der Waals surface area contributed by atoms with Crippen LogP contribution < -0.4 is 5.32 Å². The second-order valence-corrected chi connectivity index (χ2v) is 5.01. The van der Waals surface area contributed by atoms with Gasteiger partial charge in [0.15, 0.2) is 0 Å². The summed E-state index contributed by atoms with van der Waals surface area (Å²) in [5.74, 6) is 1.22. The van der Waals surface area contributed by atoms with Crippen LogP contribution in [0.3, 0.4) is 0 Å². The summed E-state index contributed by atoms with van der Waals surface area (Å²) in [7, 11) is 0. The number of imidazole rings is 1. The standard InChI is InChI=1S/C14H25N3/c1-3-9-15-10-6-11-17-12(2)16-13-7-4-5-8-14(13)17/h15H,3-11H2,1-2H3. The summed E-state index contributed by atoms with van der Waals surface area (Å²) in [5.41, 5.74) is 2.89. The lowest BCUT2D eigenvalue weighted by atomic mass is 10.0. The second kappa shape index (κ2) is 6.20. The van der Waals surface area contributed by atoms with Gasteiger partial charge in [-0.3, -0.25) is 0 Å². The van der Waals surface area contributed by atoms with Gasteiger partial charge in [-0.25, -0.2) is 4.98 Å². The fraction of sp³-hybridized carbons (Fsp3) is 0.786. The Kier molecular flexibility index (Phi) is 4.60. The summed E-state index contributed by atoms with van der Waals surface area (Å²) in [4.78, 5) is 4.71. The molecular weight excluding hydrogens is 210 g/mol. The molecule has 0 spiro atoms. The number of rotatable bonds is 6.